The maximum Gasteiger partial charge on any atom is 0.323 e. The molecule has 0 spiro atoms. The predicted octanol–water partition coefficient (Wildman–Crippen LogP) is 1.50. The molecule has 4 heteroatoms. The Balaban J connectivity index is 2.38. The first-order valence-corrected chi connectivity index (χ1v) is 4.98. The molecule has 0 amide bonds. The topological polar surface area (TPSA) is 38.3 Å². The summed E-state index contributed by atoms with van der Waals surface area (Å²) in [5.74, 6) is -0.246. The molecule has 0 aliphatic carbocycles. The molecule has 0 saturated heterocycles. The van der Waals surface area contributed by atoms with Gasteiger partial charge in [-0.25, -0.2) is 0 Å². The fraction of sp³-hybridized carbons (Fsp3) is 0.300. The van der Waals surface area contributed by atoms with Crippen molar-refractivity contribution in [1.29, 1.82) is 0 Å². The first-order chi connectivity index (χ1) is 6.74. The minimum Gasteiger partial charge on any atom is -0.460 e. The molecule has 1 N–H and O–H groups in total. The highest BCUT2D eigenvalue weighted by atomic mass is 31.0. The van der Waals surface area contributed by atoms with Crippen molar-refractivity contribution < 1.29 is 9.53 Å². The van der Waals surface area contributed by atoms with E-state index < -0.39 is 0 Å². The third kappa shape index (κ3) is 3.44. The molecule has 0 heterocycles. The van der Waals surface area contributed by atoms with Crippen LogP contribution in [-0.4, -0.2) is 12.0 Å². The predicted molar refractivity (Wildman–Crippen MR) is 58.5 cm³/mol. The molecule has 1 aromatic carbocycles. The minimum absolute atomic E-state index is 0.246. The summed E-state index contributed by atoms with van der Waals surface area (Å²) in [7, 11) is 2.29. The van der Waals surface area contributed by atoms with E-state index in [0.29, 0.717) is 6.61 Å². The van der Waals surface area contributed by atoms with Gasteiger partial charge in [0, 0.05) is 0 Å². The van der Waals surface area contributed by atoms with Crippen molar-refractivity contribution in [2.45, 2.75) is 19.6 Å². The molecule has 2 atom stereocenters. The lowest BCUT2D eigenvalue weighted by Gasteiger charge is -2.09. The summed E-state index contributed by atoms with van der Waals surface area (Å²) >= 11 is 0. The number of carbonyl (C=O) groups excluding carboxylic acids is 1. The Hall–Kier alpha value is -0.920. The van der Waals surface area contributed by atoms with Crippen molar-refractivity contribution in [1.82, 2.24) is 5.09 Å². The third-order valence-corrected chi connectivity index (χ3v) is 2.33. The van der Waals surface area contributed by atoms with Crippen molar-refractivity contribution in [3.63, 3.8) is 0 Å². The van der Waals surface area contributed by atoms with E-state index in [9.17, 15) is 4.79 Å². The second kappa shape index (κ2) is 5.74. The largest absolute Gasteiger partial charge is 0.460 e. The molecule has 1 rings (SSSR count). The molecule has 0 aliphatic heterocycles. The number of esters is 1. The van der Waals surface area contributed by atoms with Crippen molar-refractivity contribution in [2.24, 2.45) is 0 Å². The van der Waals surface area contributed by atoms with Crippen LogP contribution in [0.5, 0.6) is 0 Å². The van der Waals surface area contributed by atoms with Gasteiger partial charge in [0.15, 0.2) is 0 Å². The maximum atomic E-state index is 11.2. The molecule has 0 radical (unpaired) electrons. The molecule has 0 aromatic heterocycles. The van der Waals surface area contributed by atoms with Gasteiger partial charge in [0.25, 0.3) is 0 Å². The standard InChI is InChI=1S/C10H14NO2P/c1-8(11-14)10(12)13-7-9-5-3-2-4-6-9/h2-6,8,11H,7,14H2,1H3/t8-/m0/s1. The Labute approximate surface area is 86.1 Å². The second-order valence-electron chi connectivity index (χ2n) is 2.98. The van der Waals surface area contributed by atoms with Gasteiger partial charge in [0.2, 0.25) is 0 Å². The Morgan fingerprint density at radius 2 is 2.14 bits per heavy atom. The summed E-state index contributed by atoms with van der Waals surface area (Å²) in [6, 6.07) is 9.32. The van der Waals surface area contributed by atoms with Crippen LogP contribution < -0.4 is 5.09 Å². The van der Waals surface area contributed by atoms with Crippen molar-refractivity contribution in [3.05, 3.63) is 35.9 Å². The van der Waals surface area contributed by atoms with E-state index >= 15 is 0 Å². The van der Waals surface area contributed by atoms with Crippen molar-refractivity contribution in [2.75, 3.05) is 0 Å². The fourth-order valence-electron chi connectivity index (χ4n) is 0.922. The third-order valence-electron chi connectivity index (χ3n) is 1.83. The van der Waals surface area contributed by atoms with Crippen LogP contribution in [0.1, 0.15) is 12.5 Å². The summed E-state index contributed by atoms with van der Waals surface area (Å²) in [6.07, 6.45) is 0. The van der Waals surface area contributed by atoms with Gasteiger partial charge in [-0.05, 0) is 12.5 Å². The first kappa shape index (κ1) is 11.2. The van der Waals surface area contributed by atoms with E-state index in [1.165, 1.54) is 0 Å². The molecule has 14 heavy (non-hydrogen) atoms. The van der Waals surface area contributed by atoms with Gasteiger partial charge >= 0.3 is 5.97 Å². The molecular formula is C10H14NO2P. The summed E-state index contributed by atoms with van der Waals surface area (Å²) in [4.78, 5) is 11.2. The molecule has 0 aliphatic rings. The van der Waals surface area contributed by atoms with Gasteiger partial charge in [-0.15, -0.1) is 0 Å². The van der Waals surface area contributed by atoms with E-state index in [1.54, 1.807) is 6.92 Å². The zero-order valence-electron chi connectivity index (χ0n) is 8.07. The van der Waals surface area contributed by atoms with Gasteiger partial charge in [0.1, 0.15) is 12.6 Å². The average Bonchev–Trinajstić information content (AvgIpc) is 2.26. The smallest absolute Gasteiger partial charge is 0.323 e. The van der Waals surface area contributed by atoms with Crippen molar-refractivity contribution in [3.8, 4) is 0 Å². The lowest BCUT2D eigenvalue weighted by molar-refractivity contribution is -0.146. The number of rotatable bonds is 4. The number of hydrogen-bond donors (Lipinski definition) is 1. The van der Waals surface area contributed by atoms with Crippen LogP contribution >= 0.6 is 9.39 Å². The van der Waals surface area contributed by atoms with Crippen molar-refractivity contribution >= 4 is 15.4 Å². The molecule has 3 nitrogen and oxygen atoms in total. The number of hydrogen-bond acceptors (Lipinski definition) is 3. The number of nitrogens with one attached hydrogen (secondary N) is 1. The van der Waals surface area contributed by atoms with Gasteiger partial charge in [-0.1, -0.05) is 39.7 Å². The Bertz CT molecular complexity index is 289. The summed E-state index contributed by atoms with van der Waals surface area (Å²) < 4.78 is 5.07. The minimum atomic E-state index is -0.288. The summed E-state index contributed by atoms with van der Waals surface area (Å²) in [5, 5.41) is 2.74. The highest BCUT2D eigenvalue weighted by molar-refractivity contribution is 7.13. The van der Waals surface area contributed by atoms with Crippen LogP contribution in [0.3, 0.4) is 0 Å². The van der Waals surface area contributed by atoms with E-state index in [4.69, 9.17) is 4.74 Å². The number of benzene rings is 1. The van der Waals surface area contributed by atoms with Gasteiger partial charge in [-0.2, -0.15) is 0 Å². The molecule has 1 unspecified atom stereocenters. The quantitative estimate of drug-likeness (QED) is 0.605. The number of carbonyl (C=O) groups is 1. The SMILES string of the molecule is C[C@H](NP)C(=O)OCc1ccccc1. The number of ether oxygens (including phenoxy) is 1. The average molecular weight is 211 g/mol. The molecule has 0 fully saturated rings. The van der Waals surface area contributed by atoms with E-state index in [2.05, 4.69) is 14.5 Å². The second-order valence-corrected chi connectivity index (χ2v) is 3.31. The summed E-state index contributed by atoms with van der Waals surface area (Å²) in [5.41, 5.74) is 0.997. The normalized spacial score (nSPS) is 12.1. The Morgan fingerprint density at radius 3 is 2.71 bits per heavy atom. The van der Waals surface area contributed by atoms with Crippen LogP contribution in [0.2, 0.25) is 0 Å². The zero-order chi connectivity index (χ0) is 10.4. The van der Waals surface area contributed by atoms with Gasteiger partial charge in [-0.3, -0.25) is 9.88 Å². The zero-order valence-corrected chi connectivity index (χ0v) is 9.22. The first-order valence-electron chi connectivity index (χ1n) is 4.40. The van der Waals surface area contributed by atoms with E-state index in [-0.39, 0.29) is 12.0 Å². The fourth-order valence-corrected chi connectivity index (χ4v) is 1.06. The van der Waals surface area contributed by atoms with Gasteiger partial charge in [0.05, 0.1) is 0 Å². The monoisotopic (exact) mass is 211 g/mol. The lowest BCUT2D eigenvalue weighted by atomic mass is 10.2. The van der Waals surface area contributed by atoms with Crippen LogP contribution in [0, 0.1) is 0 Å². The molecule has 76 valence electrons. The molecule has 0 bridgehead atoms. The van der Waals surface area contributed by atoms with Crippen LogP contribution in [-0.2, 0) is 16.1 Å². The van der Waals surface area contributed by atoms with Crippen LogP contribution in [0.15, 0.2) is 30.3 Å². The molecule has 0 saturated carbocycles. The highest BCUT2D eigenvalue weighted by Crippen LogP contribution is 2.01. The Kier molecular flexibility index (Phi) is 4.57. The maximum absolute atomic E-state index is 11.2. The van der Waals surface area contributed by atoms with E-state index in [1.807, 2.05) is 30.3 Å². The van der Waals surface area contributed by atoms with Crippen LogP contribution in [0.4, 0.5) is 0 Å². The summed E-state index contributed by atoms with van der Waals surface area (Å²) in [6.45, 7) is 2.08. The highest BCUT2D eigenvalue weighted by Gasteiger charge is 2.11. The van der Waals surface area contributed by atoms with E-state index in [0.717, 1.165) is 5.56 Å². The van der Waals surface area contributed by atoms with Gasteiger partial charge < -0.3 is 4.74 Å². The molecular weight excluding hydrogens is 197 g/mol. The van der Waals surface area contributed by atoms with Crippen LogP contribution in [0.25, 0.3) is 0 Å². The Morgan fingerprint density at radius 1 is 1.50 bits per heavy atom. The lowest BCUT2D eigenvalue weighted by Crippen LogP contribution is -2.28. The molecule has 1 aromatic rings.